The van der Waals surface area contributed by atoms with Crippen molar-refractivity contribution in [2.24, 2.45) is 17.6 Å². The number of rotatable bonds is 7. The van der Waals surface area contributed by atoms with E-state index in [1.165, 1.54) is 27.8 Å². The van der Waals surface area contributed by atoms with Gasteiger partial charge in [0, 0.05) is 37.3 Å². The summed E-state index contributed by atoms with van der Waals surface area (Å²) in [5, 5.41) is 17.6. The van der Waals surface area contributed by atoms with Gasteiger partial charge in [0.05, 0.1) is 12.1 Å². The van der Waals surface area contributed by atoms with E-state index in [-0.39, 0.29) is 41.5 Å². The van der Waals surface area contributed by atoms with Crippen molar-refractivity contribution in [1.82, 2.24) is 24.4 Å². The van der Waals surface area contributed by atoms with Gasteiger partial charge in [0.1, 0.15) is 5.65 Å². The Morgan fingerprint density at radius 2 is 2.03 bits per heavy atom. The molecule has 4 rings (SSSR count). The summed E-state index contributed by atoms with van der Waals surface area (Å²) in [6, 6.07) is 0.0208. The molecule has 0 bridgehead atoms. The summed E-state index contributed by atoms with van der Waals surface area (Å²) in [6.45, 7) is 4.85. The van der Waals surface area contributed by atoms with Crippen LogP contribution >= 0.6 is 0 Å². The average molecular weight is 457 g/mol. The minimum atomic E-state index is -0.625. The lowest BCUT2D eigenvalue weighted by Crippen LogP contribution is -2.36. The molecule has 0 unspecified atom stereocenters. The van der Waals surface area contributed by atoms with Crippen LogP contribution in [0.3, 0.4) is 0 Å². The third-order valence-corrected chi connectivity index (χ3v) is 5.91. The Hall–Kier alpha value is -3.63. The van der Waals surface area contributed by atoms with E-state index in [0.29, 0.717) is 25.1 Å². The second kappa shape index (κ2) is 8.72. The maximum absolute atomic E-state index is 13.2. The van der Waals surface area contributed by atoms with Gasteiger partial charge < -0.3 is 21.1 Å². The molecule has 2 aliphatic rings. The zero-order chi connectivity index (χ0) is 23.9. The number of nitrogens with one attached hydrogen (secondary N) is 1. The number of amides is 3. The molecule has 1 saturated carbocycles. The zero-order valence-electron chi connectivity index (χ0n) is 18.7. The quantitative estimate of drug-likeness (QED) is 0.503. The summed E-state index contributed by atoms with van der Waals surface area (Å²) in [5.41, 5.74) is 5.10. The smallest absolute Gasteiger partial charge is 0.270 e. The summed E-state index contributed by atoms with van der Waals surface area (Å²) in [7, 11) is 0. The number of fused-ring (bicyclic) bond motifs is 1. The van der Waals surface area contributed by atoms with Gasteiger partial charge in [0.25, 0.3) is 11.5 Å². The highest BCUT2D eigenvalue weighted by atomic mass is 16.3. The number of carbonyl (C=O) groups excluding carboxylic acids is 3. The van der Waals surface area contributed by atoms with Gasteiger partial charge in [-0.25, -0.2) is 0 Å². The minimum absolute atomic E-state index is 0.0208. The first-order chi connectivity index (χ1) is 15.7. The van der Waals surface area contributed by atoms with Gasteiger partial charge in [-0.3, -0.25) is 23.7 Å². The third kappa shape index (κ3) is 4.48. The van der Waals surface area contributed by atoms with Crippen LogP contribution in [0.15, 0.2) is 17.1 Å². The first-order valence-electron chi connectivity index (χ1n) is 11.1. The van der Waals surface area contributed by atoms with Crippen molar-refractivity contribution < 1.29 is 19.5 Å². The van der Waals surface area contributed by atoms with Crippen LogP contribution in [0.4, 0.5) is 0 Å². The molecule has 176 valence electrons. The van der Waals surface area contributed by atoms with Crippen molar-refractivity contribution in [1.29, 1.82) is 0 Å². The molecule has 2 aromatic rings. The summed E-state index contributed by atoms with van der Waals surface area (Å²) in [6.07, 6.45) is 6.50. The topological polar surface area (TPSA) is 152 Å². The second-order valence-electron chi connectivity index (χ2n) is 9.10. The van der Waals surface area contributed by atoms with Crippen molar-refractivity contribution in [3.05, 3.63) is 33.8 Å². The number of aromatic hydroxyl groups is 1. The van der Waals surface area contributed by atoms with E-state index in [2.05, 4.69) is 10.4 Å². The van der Waals surface area contributed by atoms with E-state index in [4.69, 9.17) is 5.73 Å². The summed E-state index contributed by atoms with van der Waals surface area (Å²) >= 11 is 0. The summed E-state index contributed by atoms with van der Waals surface area (Å²) in [4.78, 5) is 51.4. The monoisotopic (exact) mass is 456 g/mol. The zero-order valence-corrected chi connectivity index (χ0v) is 18.7. The molecule has 33 heavy (non-hydrogen) atoms. The van der Waals surface area contributed by atoms with Crippen LogP contribution < -0.4 is 16.6 Å². The first-order valence-corrected chi connectivity index (χ1v) is 11.1. The Balaban J connectivity index is 1.70. The number of likely N-dealkylation sites (tertiary alicyclic amines) is 1. The predicted octanol–water partition coefficient (Wildman–Crippen LogP) is 0.0968. The lowest BCUT2D eigenvalue weighted by Gasteiger charge is -2.15. The van der Waals surface area contributed by atoms with Crippen molar-refractivity contribution in [3.63, 3.8) is 0 Å². The Kier molecular flexibility index (Phi) is 5.96. The van der Waals surface area contributed by atoms with Crippen LogP contribution in [0.1, 0.15) is 49.0 Å². The van der Waals surface area contributed by atoms with Crippen LogP contribution in [-0.2, 0) is 16.1 Å². The number of nitrogens with two attached hydrogens (primary N) is 1. The molecule has 11 heteroatoms. The minimum Gasteiger partial charge on any atom is -0.492 e. The summed E-state index contributed by atoms with van der Waals surface area (Å²) < 4.78 is 2.55. The van der Waals surface area contributed by atoms with Crippen molar-refractivity contribution in [2.75, 3.05) is 13.1 Å². The number of nitrogens with zero attached hydrogens (tertiary/aromatic N) is 4. The third-order valence-electron chi connectivity index (χ3n) is 5.91. The molecule has 2 aromatic heterocycles. The SMILES string of the molecule is CC(C)Cn1c(=O)c(C(=O)NC2CC2)c(O)n2ncc(/C=C/C(=O)N3CC[C@@H](C(N)=O)C3)c12. The Morgan fingerprint density at radius 3 is 2.64 bits per heavy atom. The molecule has 3 amide bonds. The number of primary amides is 1. The van der Waals surface area contributed by atoms with E-state index in [1.54, 1.807) is 0 Å². The predicted molar refractivity (Wildman–Crippen MR) is 119 cm³/mol. The van der Waals surface area contributed by atoms with E-state index in [9.17, 15) is 24.3 Å². The van der Waals surface area contributed by atoms with Gasteiger partial charge in [-0.05, 0) is 31.3 Å². The highest BCUT2D eigenvalue weighted by molar-refractivity contribution is 5.97. The molecular formula is C22H28N6O5. The standard InChI is InChI=1S/C22H28N6O5/c1-12(2)10-27-20-13(3-6-16(29)26-8-7-14(11-26)18(23)30)9-24-28(20)22(33)17(21(27)32)19(31)25-15-4-5-15/h3,6,9,12,14-15,33H,4-5,7-8,10-11H2,1-2H3,(H2,23,30)(H,25,31)/b6-3+/t14-/m1/s1. The van der Waals surface area contributed by atoms with Crippen LogP contribution in [0.25, 0.3) is 11.7 Å². The van der Waals surface area contributed by atoms with Gasteiger partial charge in [-0.15, -0.1) is 0 Å². The first kappa shape index (κ1) is 22.6. The molecule has 0 radical (unpaired) electrons. The molecule has 1 atom stereocenters. The molecule has 0 aromatic carbocycles. The van der Waals surface area contributed by atoms with Gasteiger partial charge in [0.15, 0.2) is 5.56 Å². The molecule has 2 fully saturated rings. The normalized spacial score (nSPS) is 18.5. The fraction of sp³-hybridized carbons (Fsp3) is 0.500. The van der Waals surface area contributed by atoms with Crippen molar-refractivity contribution in [2.45, 2.75) is 45.7 Å². The van der Waals surface area contributed by atoms with E-state index in [1.807, 2.05) is 13.8 Å². The molecule has 0 spiro atoms. The highest BCUT2D eigenvalue weighted by Gasteiger charge is 2.30. The lowest BCUT2D eigenvalue weighted by atomic mass is 10.1. The number of hydrogen-bond acceptors (Lipinski definition) is 6. The molecule has 11 nitrogen and oxygen atoms in total. The van der Waals surface area contributed by atoms with Crippen LogP contribution in [0.2, 0.25) is 0 Å². The van der Waals surface area contributed by atoms with E-state index < -0.39 is 23.3 Å². The molecule has 1 saturated heterocycles. The Bertz CT molecular complexity index is 1210. The van der Waals surface area contributed by atoms with E-state index >= 15 is 0 Å². The summed E-state index contributed by atoms with van der Waals surface area (Å²) in [5.74, 6) is -2.16. The fourth-order valence-electron chi connectivity index (χ4n) is 4.01. The molecule has 1 aliphatic carbocycles. The van der Waals surface area contributed by atoms with Gasteiger partial charge in [-0.2, -0.15) is 9.61 Å². The van der Waals surface area contributed by atoms with E-state index in [0.717, 1.165) is 17.4 Å². The Labute approximate surface area is 189 Å². The second-order valence-corrected chi connectivity index (χ2v) is 9.10. The molecule has 1 aliphatic heterocycles. The van der Waals surface area contributed by atoms with Gasteiger partial charge in [0.2, 0.25) is 17.7 Å². The number of aromatic nitrogens is 3. The molecule has 3 heterocycles. The van der Waals surface area contributed by atoms with Crippen molar-refractivity contribution >= 4 is 29.4 Å². The number of hydrogen-bond donors (Lipinski definition) is 3. The van der Waals surface area contributed by atoms with Crippen LogP contribution in [0, 0.1) is 11.8 Å². The molecular weight excluding hydrogens is 428 g/mol. The largest absolute Gasteiger partial charge is 0.492 e. The number of carbonyl (C=O) groups is 3. The maximum atomic E-state index is 13.2. The maximum Gasteiger partial charge on any atom is 0.270 e. The highest BCUT2D eigenvalue weighted by Crippen LogP contribution is 2.24. The van der Waals surface area contributed by atoms with Gasteiger partial charge in [-0.1, -0.05) is 13.8 Å². The molecule has 4 N–H and O–H groups in total. The van der Waals surface area contributed by atoms with Crippen LogP contribution in [0.5, 0.6) is 5.88 Å². The Morgan fingerprint density at radius 1 is 1.30 bits per heavy atom. The van der Waals surface area contributed by atoms with Crippen LogP contribution in [-0.4, -0.2) is 61.0 Å². The fourth-order valence-corrected chi connectivity index (χ4v) is 4.01. The van der Waals surface area contributed by atoms with Gasteiger partial charge >= 0.3 is 0 Å². The lowest BCUT2D eigenvalue weighted by molar-refractivity contribution is -0.125. The average Bonchev–Trinajstić information content (AvgIpc) is 3.26. The van der Waals surface area contributed by atoms with Crippen molar-refractivity contribution in [3.8, 4) is 5.88 Å².